The fourth-order valence-electron chi connectivity index (χ4n) is 1.10. The average molecular weight is 112 g/mol. The molecule has 0 unspecified atom stereocenters. The van der Waals surface area contributed by atoms with Crippen molar-refractivity contribution < 1.29 is 5.11 Å². The third kappa shape index (κ3) is 1.34. The lowest BCUT2D eigenvalue weighted by Gasteiger charge is -2.01. The van der Waals surface area contributed by atoms with Crippen molar-refractivity contribution in [2.45, 2.75) is 19.3 Å². The van der Waals surface area contributed by atoms with E-state index in [4.69, 9.17) is 5.11 Å². The molecule has 1 N–H and O–H groups in total. The first-order valence-corrected chi connectivity index (χ1v) is 3.21. The third-order valence-electron chi connectivity index (χ3n) is 1.61. The van der Waals surface area contributed by atoms with Crippen LogP contribution in [0.1, 0.15) is 19.3 Å². The summed E-state index contributed by atoms with van der Waals surface area (Å²) in [6.07, 6.45) is 7.82. The van der Waals surface area contributed by atoms with Gasteiger partial charge in [-0.1, -0.05) is 12.2 Å². The lowest BCUT2D eigenvalue weighted by molar-refractivity contribution is 0.269. The maximum atomic E-state index is 8.49. The Morgan fingerprint density at radius 1 is 1.62 bits per heavy atom. The minimum Gasteiger partial charge on any atom is -0.396 e. The van der Waals surface area contributed by atoms with Gasteiger partial charge in [0.25, 0.3) is 0 Å². The normalized spacial score (nSPS) is 26.9. The van der Waals surface area contributed by atoms with Crippen LogP contribution in [0.3, 0.4) is 0 Å². The minimum absolute atomic E-state index is 0.342. The largest absolute Gasteiger partial charge is 0.396 e. The molecule has 0 aromatic rings. The molecule has 0 saturated heterocycles. The first-order chi connectivity index (χ1) is 3.93. The predicted molar refractivity (Wildman–Crippen MR) is 33.6 cm³/mol. The summed E-state index contributed by atoms with van der Waals surface area (Å²) < 4.78 is 0. The number of hydrogen-bond donors (Lipinski definition) is 1. The molecule has 46 valence electrons. The van der Waals surface area contributed by atoms with E-state index in [9.17, 15) is 0 Å². The lowest BCUT2D eigenvalue weighted by Crippen LogP contribution is -1.94. The van der Waals surface area contributed by atoms with Crippen LogP contribution in [-0.2, 0) is 0 Å². The van der Waals surface area contributed by atoms with Crippen molar-refractivity contribution in [3.8, 4) is 0 Å². The van der Waals surface area contributed by atoms with Crippen LogP contribution in [0.25, 0.3) is 0 Å². The molecule has 0 saturated carbocycles. The van der Waals surface area contributed by atoms with Crippen molar-refractivity contribution >= 4 is 0 Å². The zero-order valence-corrected chi connectivity index (χ0v) is 5.01. The monoisotopic (exact) mass is 112 g/mol. The molecule has 8 heavy (non-hydrogen) atoms. The summed E-state index contributed by atoms with van der Waals surface area (Å²) >= 11 is 0. The zero-order chi connectivity index (χ0) is 5.82. The number of aliphatic hydroxyl groups is 1. The van der Waals surface area contributed by atoms with Crippen LogP contribution in [0.4, 0.5) is 0 Å². The summed E-state index contributed by atoms with van der Waals surface area (Å²) in [5.74, 6) is 0.681. The van der Waals surface area contributed by atoms with Crippen LogP contribution in [0.2, 0.25) is 0 Å². The molecular formula is C7H12O. The number of aliphatic hydroxyl groups excluding tert-OH is 1. The van der Waals surface area contributed by atoms with Gasteiger partial charge in [0.15, 0.2) is 0 Å². The number of hydrogen-bond acceptors (Lipinski definition) is 1. The molecule has 0 aromatic heterocycles. The molecule has 0 amide bonds. The highest BCUT2D eigenvalue weighted by Gasteiger charge is 2.06. The van der Waals surface area contributed by atoms with Gasteiger partial charge in [-0.3, -0.25) is 0 Å². The van der Waals surface area contributed by atoms with E-state index >= 15 is 0 Å². The molecule has 1 atom stereocenters. The standard InChI is InChI=1S/C7H12O/c8-6-5-7-3-1-2-4-7/h1,3,7-8H,2,4-6H2/t7-/m0/s1. The Hall–Kier alpha value is -0.300. The molecule has 1 heteroatoms. The van der Waals surface area contributed by atoms with E-state index in [2.05, 4.69) is 12.2 Å². The van der Waals surface area contributed by atoms with Gasteiger partial charge in [-0.2, -0.15) is 0 Å². The summed E-state index contributed by atoms with van der Waals surface area (Å²) in [6, 6.07) is 0. The highest BCUT2D eigenvalue weighted by atomic mass is 16.3. The van der Waals surface area contributed by atoms with Gasteiger partial charge in [0.2, 0.25) is 0 Å². The maximum Gasteiger partial charge on any atom is 0.0436 e. The van der Waals surface area contributed by atoms with Gasteiger partial charge in [-0.15, -0.1) is 0 Å². The van der Waals surface area contributed by atoms with Crippen molar-refractivity contribution in [1.82, 2.24) is 0 Å². The Morgan fingerprint density at radius 3 is 3.00 bits per heavy atom. The molecule has 0 aromatic carbocycles. The van der Waals surface area contributed by atoms with Gasteiger partial charge >= 0.3 is 0 Å². The lowest BCUT2D eigenvalue weighted by atomic mass is 10.1. The molecule has 1 aliphatic rings. The van der Waals surface area contributed by atoms with E-state index in [0.29, 0.717) is 12.5 Å². The van der Waals surface area contributed by atoms with E-state index in [-0.39, 0.29) is 0 Å². The fourth-order valence-corrected chi connectivity index (χ4v) is 1.10. The van der Waals surface area contributed by atoms with Gasteiger partial charge in [0, 0.05) is 6.61 Å². The molecular weight excluding hydrogens is 100 g/mol. The highest BCUT2D eigenvalue weighted by molar-refractivity contribution is 4.95. The second-order valence-corrected chi connectivity index (χ2v) is 2.28. The van der Waals surface area contributed by atoms with E-state index in [1.165, 1.54) is 12.8 Å². The third-order valence-corrected chi connectivity index (χ3v) is 1.61. The van der Waals surface area contributed by atoms with Crippen molar-refractivity contribution in [3.05, 3.63) is 12.2 Å². The second-order valence-electron chi connectivity index (χ2n) is 2.28. The average Bonchev–Trinajstić information content (AvgIpc) is 2.19. The van der Waals surface area contributed by atoms with Crippen molar-refractivity contribution in [1.29, 1.82) is 0 Å². The summed E-state index contributed by atoms with van der Waals surface area (Å²) in [5.41, 5.74) is 0. The number of rotatable bonds is 2. The van der Waals surface area contributed by atoms with Gasteiger partial charge in [0.1, 0.15) is 0 Å². The van der Waals surface area contributed by atoms with Crippen LogP contribution >= 0.6 is 0 Å². The van der Waals surface area contributed by atoms with E-state index in [1.807, 2.05) is 0 Å². The molecule has 0 spiro atoms. The Balaban J connectivity index is 2.16. The fraction of sp³-hybridized carbons (Fsp3) is 0.714. The smallest absolute Gasteiger partial charge is 0.0436 e. The SMILES string of the molecule is OCC[C@H]1C=CCC1. The predicted octanol–water partition coefficient (Wildman–Crippen LogP) is 1.33. The zero-order valence-electron chi connectivity index (χ0n) is 5.01. The molecule has 0 radical (unpaired) electrons. The number of allylic oxidation sites excluding steroid dienone is 2. The Kier molecular flexibility index (Phi) is 2.10. The Morgan fingerprint density at radius 2 is 2.50 bits per heavy atom. The summed E-state index contributed by atoms with van der Waals surface area (Å²) in [7, 11) is 0. The maximum absolute atomic E-state index is 8.49. The van der Waals surface area contributed by atoms with Crippen molar-refractivity contribution in [2.75, 3.05) is 6.61 Å². The summed E-state index contributed by atoms with van der Waals surface area (Å²) in [5, 5.41) is 8.49. The van der Waals surface area contributed by atoms with Gasteiger partial charge in [0.05, 0.1) is 0 Å². The molecule has 1 nitrogen and oxygen atoms in total. The molecule has 0 aliphatic heterocycles. The van der Waals surface area contributed by atoms with Crippen LogP contribution in [0, 0.1) is 5.92 Å². The van der Waals surface area contributed by atoms with Crippen molar-refractivity contribution in [2.24, 2.45) is 5.92 Å². The summed E-state index contributed by atoms with van der Waals surface area (Å²) in [6.45, 7) is 0.342. The van der Waals surface area contributed by atoms with Gasteiger partial charge < -0.3 is 5.11 Å². The van der Waals surface area contributed by atoms with E-state index < -0.39 is 0 Å². The molecule has 0 fully saturated rings. The highest BCUT2D eigenvalue weighted by Crippen LogP contribution is 2.19. The Labute approximate surface area is 50.0 Å². The molecule has 1 rings (SSSR count). The minimum atomic E-state index is 0.342. The molecule has 0 heterocycles. The van der Waals surface area contributed by atoms with Crippen LogP contribution < -0.4 is 0 Å². The van der Waals surface area contributed by atoms with E-state index in [0.717, 1.165) is 6.42 Å². The van der Waals surface area contributed by atoms with E-state index in [1.54, 1.807) is 0 Å². The van der Waals surface area contributed by atoms with Gasteiger partial charge in [-0.25, -0.2) is 0 Å². The molecule has 0 bridgehead atoms. The molecule has 1 aliphatic carbocycles. The second kappa shape index (κ2) is 2.88. The van der Waals surface area contributed by atoms with Crippen molar-refractivity contribution in [3.63, 3.8) is 0 Å². The topological polar surface area (TPSA) is 20.2 Å². The quantitative estimate of drug-likeness (QED) is 0.534. The first kappa shape index (κ1) is 5.83. The van der Waals surface area contributed by atoms with Crippen LogP contribution in [0.15, 0.2) is 12.2 Å². The van der Waals surface area contributed by atoms with Crippen LogP contribution in [0.5, 0.6) is 0 Å². The van der Waals surface area contributed by atoms with Crippen LogP contribution in [-0.4, -0.2) is 11.7 Å². The van der Waals surface area contributed by atoms with Gasteiger partial charge in [-0.05, 0) is 25.2 Å². The Bertz CT molecular complexity index is 86.4. The summed E-state index contributed by atoms with van der Waals surface area (Å²) in [4.78, 5) is 0. The first-order valence-electron chi connectivity index (χ1n) is 3.21.